The summed E-state index contributed by atoms with van der Waals surface area (Å²) in [6.07, 6.45) is 1.74. The fourth-order valence-electron chi connectivity index (χ4n) is 1.68. The van der Waals surface area contributed by atoms with Crippen LogP contribution in [0.25, 0.3) is 0 Å². The molecular formula is C11H15N3O3S. The zero-order valence-corrected chi connectivity index (χ0v) is 10.8. The third kappa shape index (κ3) is 3.19. The number of nitrogens with one attached hydrogen (secondary N) is 1. The molecule has 1 atom stereocenters. The van der Waals surface area contributed by atoms with Crippen LogP contribution >= 0.6 is 11.3 Å². The summed E-state index contributed by atoms with van der Waals surface area (Å²) >= 11 is 1.46. The maximum atomic E-state index is 11.8. The largest absolute Gasteiger partial charge is 0.480 e. The summed E-state index contributed by atoms with van der Waals surface area (Å²) < 4.78 is 0. The van der Waals surface area contributed by atoms with E-state index in [0.717, 1.165) is 18.5 Å². The van der Waals surface area contributed by atoms with Crippen molar-refractivity contribution in [2.75, 3.05) is 7.05 Å². The number of hydrogen-bond donors (Lipinski definition) is 2. The molecule has 1 unspecified atom stereocenters. The molecule has 0 saturated heterocycles. The molecule has 0 aliphatic heterocycles. The van der Waals surface area contributed by atoms with Gasteiger partial charge in [0.2, 0.25) is 0 Å². The van der Waals surface area contributed by atoms with E-state index in [4.69, 9.17) is 5.11 Å². The van der Waals surface area contributed by atoms with E-state index in [1.54, 1.807) is 12.6 Å². The number of carboxylic acids is 1. The molecule has 0 radical (unpaired) electrons. The molecule has 6 nitrogen and oxygen atoms in total. The molecule has 1 aliphatic carbocycles. The van der Waals surface area contributed by atoms with Gasteiger partial charge < -0.3 is 15.3 Å². The second-order valence-corrected chi connectivity index (χ2v) is 5.16. The van der Waals surface area contributed by atoms with Crippen LogP contribution in [0.3, 0.4) is 0 Å². The first kappa shape index (κ1) is 12.8. The third-order valence-electron chi connectivity index (χ3n) is 2.87. The first-order chi connectivity index (χ1) is 8.58. The monoisotopic (exact) mass is 269 g/mol. The minimum Gasteiger partial charge on any atom is -0.480 e. The van der Waals surface area contributed by atoms with E-state index in [2.05, 4.69) is 10.3 Å². The molecular weight excluding hydrogens is 254 g/mol. The molecule has 1 aromatic heterocycles. The van der Waals surface area contributed by atoms with Crippen LogP contribution in [-0.4, -0.2) is 40.1 Å². The molecule has 2 amide bonds. The number of carboxylic acid groups (broad SMARTS) is 1. The number of rotatable bonds is 5. The number of aromatic nitrogens is 1. The van der Waals surface area contributed by atoms with Crippen LogP contribution in [0.5, 0.6) is 0 Å². The number of aliphatic carboxylic acids is 1. The van der Waals surface area contributed by atoms with Crippen molar-refractivity contribution in [1.82, 2.24) is 15.2 Å². The Morgan fingerprint density at radius 1 is 1.67 bits per heavy atom. The molecule has 7 heteroatoms. The van der Waals surface area contributed by atoms with Crippen molar-refractivity contribution in [1.29, 1.82) is 0 Å². The second kappa shape index (κ2) is 5.34. The summed E-state index contributed by atoms with van der Waals surface area (Å²) in [4.78, 5) is 28.4. The number of thiazole rings is 1. The Morgan fingerprint density at radius 2 is 2.39 bits per heavy atom. The van der Waals surface area contributed by atoms with Gasteiger partial charge >= 0.3 is 12.0 Å². The van der Waals surface area contributed by atoms with E-state index in [0.29, 0.717) is 6.54 Å². The average Bonchev–Trinajstić information content (AvgIpc) is 3.03. The van der Waals surface area contributed by atoms with Crippen molar-refractivity contribution in [2.24, 2.45) is 5.92 Å². The Morgan fingerprint density at radius 3 is 2.89 bits per heavy atom. The number of amides is 2. The Kier molecular flexibility index (Phi) is 3.81. The van der Waals surface area contributed by atoms with Gasteiger partial charge in [0.15, 0.2) is 0 Å². The quantitative estimate of drug-likeness (QED) is 0.840. The van der Waals surface area contributed by atoms with Crippen molar-refractivity contribution < 1.29 is 14.7 Å². The molecule has 2 rings (SSSR count). The lowest BCUT2D eigenvalue weighted by Gasteiger charge is -2.20. The van der Waals surface area contributed by atoms with Gasteiger partial charge in [0.05, 0.1) is 17.7 Å². The topological polar surface area (TPSA) is 82.5 Å². The standard InChI is InChI=1S/C11H15N3O3S/c1-14(4-8-5-18-6-12-8)11(17)13-9(10(15)16)7-2-3-7/h5-7,9H,2-4H2,1H3,(H,13,17)(H,15,16). The number of nitrogens with zero attached hydrogens (tertiary/aromatic N) is 2. The molecule has 0 spiro atoms. The zero-order valence-electron chi connectivity index (χ0n) is 10.00. The van der Waals surface area contributed by atoms with Gasteiger partial charge in [-0.15, -0.1) is 11.3 Å². The lowest BCUT2D eigenvalue weighted by molar-refractivity contribution is -0.139. The zero-order chi connectivity index (χ0) is 13.1. The fourth-order valence-corrected chi connectivity index (χ4v) is 2.23. The smallest absolute Gasteiger partial charge is 0.326 e. The molecule has 1 heterocycles. The lowest BCUT2D eigenvalue weighted by atomic mass is 10.2. The first-order valence-corrected chi connectivity index (χ1v) is 6.63. The Bertz CT molecular complexity index is 431. The van der Waals surface area contributed by atoms with Crippen LogP contribution in [0.4, 0.5) is 4.79 Å². The van der Waals surface area contributed by atoms with Gasteiger partial charge in [-0.1, -0.05) is 0 Å². The van der Waals surface area contributed by atoms with Crippen LogP contribution in [-0.2, 0) is 11.3 Å². The average molecular weight is 269 g/mol. The van der Waals surface area contributed by atoms with Gasteiger partial charge in [-0.25, -0.2) is 14.6 Å². The van der Waals surface area contributed by atoms with Crippen molar-refractivity contribution in [3.8, 4) is 0 Å². The molecule has 18 heavy (non-hydrogen) atoms. The first-order valence-electron chi connectivity index (χ1n) is 5.69. The maximum Gasteiger partial charge on any atom is 0.326 e. The normalized spacial score (nSPS) is 16.1. The SMILES string of the molecule is CN(Cc1cscn1)C(=O)NC(C(=O)O)C1CC1. The van der Waals surface area contributed by atoms with Crippen molar-refractivity contribution in [2.45, 2.75) is 25.4 Å². The minimum absolute atomic E-state index is 0.0825. The van der Waals surface area contributed by atoms with E-state index in [-0.39, 0.29) is 11.9 Å². The van der Waals surface area contributed by atoms with Crippen LogP contribution in [0.1, 0.15) is 18.5 Å². The third-order valence-corrected chi connectivity index (χ3v) is 3.50. The minimum atomic E-state index is -0.965. The van der Waals surface area contributed by atoms with E-state index in [9.17, 15) is 9.59 Å². The van der Waals surface area contributed by atoms with Crippen LogP contribution in [0.15, 0.2) is 10.9 Å². The van der Waals surface area contributed by atoms with Gasteiger partial charge in [0.1, 0.15) is 6.04 Å². The molecule has 1 aliphatic rings. The van der Waals surface area contributed by atoms with Gasteiger partial charge in [-0.2, -0.15) is 0 Å². The summed E-state index contributed by atoms with van der Waals surface area (Å²) in [6, 6.07) is -1.14. The van der Waals surface area contributed by atoms with Crippen LogP contribution in [0.2, 0.25) is 0 Å². The van der Waals surface area contributed by atoms with Gasteiger partial charge in [0, 0.05) is 12.4 Å². The highest BCUT2D eigenvalue weighted by molar-refractivity contribution is 7.07. The number of carbonyl (C=O) groups is 2. The molecule has 1 aromatic rings. The maximum absolute atomic E-state index is 11.8. The Balaban J connectivity index is 1.88. The van der Waals surface area contributed by atoms with Crippen molar-refractivity contribution >= 4 is 23.3 Å². The predicted octanol–water partition coefficient (Wildman–Crippen LogP) is 1.15. The van der Waals surface area contributed by atoms with Gasteiger partial charge in [-0.05, 0) is 18.8 Å². The van der Waals surface area contributed by atoms with Gasteiger partial charge in [-0.3, -0.25) is 0 Å². The van der Waals surface area contributed by atoms with E-state index >= 15 is 0 Å². The fraction of sp³-hybridized carbons (Fsp3) is 0.545. The highest BCUT2D eigenvalue weighted by Crippen LogP contribution is 2.32. The summed E-state index contributed by atoms with van der Waals surface area (Å²) in [7, 11) is 1.63. The molecule has 0 aromatic carbocycles. The number of hydrogen-bond acceptors (Lipinski definition) is 4. The van der Waals surface area contributed by atoms with Crippen molar-refractivity contribution in [3.63, 3.8) is 0 Å². The summed E-state index contributed by atoms with van der Waals surface area (Å²) in [5.74, 6) is -0.882. The summed E-state index contributed by atoms with van der Waals surface area (Å²) in [6.45, 7) is 0.381. The second-order valence-electron chi connectivity index (χ2n) is 4.44. The summed E-state index contributed by atoms with van der Waals surface area (Å²) in [5, 5.41) is 13.4. The highest BCUT2D eigenvalue weighted by atomic mass is 32.1. The van der Waals surface area contributed by atoms with E-state index < -0.39 is 12.0 Å². The molecule has 98 valence electrons. The van der Waals surface area contributed by atoms with E-state index in [1.165, 1.54) is 16.2 Å². The highest BCUT2D eigenvalue weighted by Gasteiger charge is 2.37. The molecule has 1 saturated carbocycles. The van der Waals surface area contributed by atoms with E-state index in [1.807, 2.05) is 5.38 Å². The Labute approximate surface area is 109 Å². The number of urea groups is 1. The Hall–Kier alpha value is -1.63. The van der Waals surface area contributed by atoms with Gasteiger partial charge in [0.25, 0.3) is 0 Å². The molecule has 0 bridgehead atoms. The van der Waals surface area contributed by atoms with Crippen LogP contribution in [0, 0.1) is 5.92 Å². The summed E-state index contributed by atoms with van der Waals surface area (Å²) in [5.41, 5.74) is 2.50. The lowest BCUT2D eigenvalue weighted by Crippen LogP contribution is -2.47. The van der Waals surface area contributed by atoms with Crippen LogP contribution < -0.4 is 5.32 Å². The number of carbonyl (C=O) groups excluding carboxylic acids is 1. The molecule has 1 fully saturated rings. The predicted molar refractivity (Wildman–Crippen MR) is 66.3 cm³/mol. The molecule has 2 N–H and O–H groups in total. The van der Waals surface area contributed by atoms with Crippen molar-refractivity contribution in [3.05, 3.63) is 16.6 Å².